The zero-order valence-electron chi connectivity index (χ0n) is 15.4. The number of sulfonamides is 1. The summed E-state index contributed by atoms with van der Waals surface area (Å²) in [6, 6.07) is 6.87. The first-order valence-electron chi connectivity index (χ1n) is 8.45. The zero-order valence-corrected chi connectivity index (χ0v) is 16.2. The van der Waals surface area contributed by atoms with Gasteiger partial charge in [0.25, 0.3) is 0 Å². The maximum absolute atomic E-state index is 13.1. The van der Waals surface area contributed by atoms with Crippen molar-refractivity contribution in [1.82, 2.24) is 15.0 Å². The second-order valence-electron chi connectivity index (χ2n) is 6.35. The van der Waals surface area contributed by atoms with E-state index >= 15 is 0 Å². The number of benzene rings is 1. The SMILES string of the molecule is CC(CNCc1ccc(C(NS(C)(=O)=O)C(F)(F)F)cc1)Oc1cccnc1. The molecule has 0 amide bonds. The van der Waals surface area contributed by atoms with Crippen LogP contribution in [-0.4, -0.2) is 38.5 Å². The second kappa shape index (κ2) is 9.35. The molecule has 154 valence electrons. The number of halogens is 3. The van der Waals surface area contributed by atoms with Crippen molar-refractivity contribution in [2.75, 3.05) is 12.8 Å². The summed E-state index contributed by atoms with van der Waals surface area (Å²) in [7, 11) is -4.02. The predicted molar refractivity (Wildman–Crippen MR) is 99.3 cm³/mol. The van der Waals surface area contributed by atoms with Crippen LogP contribution in [0.4, 0.5) is 13.2 Å². The summed E-state index contributed by atoms with van der Waals surface area (Å²) in [5.41, 5.74) is 0.590. The monoisotopic (exact) mass is 417 g/mol. The molecule has 0 aliphatic carbocycles. The van der Waals surface area contributed by atoms with E-state index in [9.17, 15) is 21.6 Å². The van der Waals surface area contributed by atoms with Crippen LogP contribution in [0.5, 0.6) is 5.75 Å². The Bertz CT molecular complexity index is 844. The Labute approximate surface area is 162 Å². The van der Waals surface area contributed by atoms with Crippen LogP contribution in [0.1, 0.15) is 24.1 Å². The molecule has 0 saturated carbocycles. The quantitative estimate of drug-likeness (QED) is 0.656. The number of hydrogen-bond donors (Lipinski definition) is 2. The van der Waals surface area contributed by atoms with Crippen LogP contribution < -0.4 is 14.8 Å². The lowest BCUT2D eigenvalue weighted by atomic mass is 10.1. The molecular weight excluding hydrogens is 395 g/mol. The molecule has 0 aliphatic heterocycles. The van der Waals surface area contributed by atoms with Crippen LogP contribution >= 0.6 is 0 Å². The number of alkyl halides is 3. The average molecular weight is 417 g/mol. The lowest BCUT2D eigenvalue weighted by molar-refractivity contribution is -0.153. The van der Waals surface area contributed by atoms with Gasteiger partial charge in [-0.1, -0.05) is 24.3 Å². The van der Waals surface area contributed by atoms with Crippen molar-refractivity contribution in [2.24, 2.45) is 0 Å². The zero-order chi connectivity index (χ0) is 20.8. The summed E-state index contributed by atoms with van der Waals surface area (Å²) in [5, 5.41) is 3.16. The van der Waals surface area contributed by atoms with Gasteiger partial charge in [-0.05, 0) is 30.2 Å². The lowest BCUT2D eigenvalue weighted by Crippen LogP contribution is -2.37. The molecule has 1 heterocycles. The summed E-state index contributed by atoms with van der Waals surface area (Å²) >= 11 is 0. The highest BCUT2D eigenvalue weighted by atomic mass is 32.2. The van der Waals surface area contributed by atoms with Gasteiger partial charge in [0.15, 0.2) is 0 Å². The number of pyridine rings is 1. The third-order valence-electron chi connectivity index (χ3n) is 3.70. The first kappa shape index (κ1) is 22.1. The third-order valence-corrected chi connectivity index (χ3v) is 4.37. The van der Waals surface area contributed by atoms with Gasteiger partial charge in [-0.2, -0.15) is 17.9 Å². The molecule has 0 spiro atoms. The Morgan fingerprint density at radius 1 is 1.18 bits per heavy atom. The van der Waals surface area contributed by atoms with Gasteiger partial charge in [0, 0.05) is 19.3 Å². The van der Waals surface area contributed by atoms with Crippen molar-refractivity contribution >= 4 is 10.0 Å². The third kappa shape index (κ3) is 7.45. The molecule has 28 heavy (non-hydrogen) atoms. The highest BCUT2D eigenvalue weighted by molar-refractivity contribution is 7.88. The Morgan fingerprint density at radius 3 is 2.39 bits per heavy atom. The molecule has 10 heteroatoms. The molecule has 2 atom stereocenters. The molecule has 2 aromatic rings. The smallest absolute Gasteiger partial charge is 0.408 e. The van der Waals surface area contributed by atoms with E-state index in [1.54, 1.807) is 29.2 Å². The molecule has 0 fully saturated rings. The Morgan fingerprint density at radius 2 is 1.86 bits per heavy atom. The first-order valence-corrected chi connectivity index (χ1v) is 10.3. The highest BCUT2D eigenvalue weighted by Crippen LogP contribution is 2.33. The summed E-state index contributed by atoms with van der Waals surface area (Å²) in [6.07, 6.45) is -0.914. The molecular formula is C18H22F3N3O3S. The summed E-state index contributed by atoms with van der Waals surface area (Å²) < 4.78 is 69.2. The van der Waals surface area contributed by atoms with Gasteiger partial charge >= 0.3 is 6.18 Å². The Hall–Kier alpha value is -2.17. The molecule has 0 saturated heterocycles. The first-order chi connectivity index (χ1) is 13.0. The number of aromatic nitrogens is 1. The van der Waals surface area contributed by atoms with Crippen molar-refractivity contribution in [3.8, 4) is 5.75 Å². The van der Waals surface area contributed by atoms with E-state index in [1.165, 1.54) is 24.3 Å². The van der Waals surface area contributed by atoms with Crippen LogP contribution in [0.25, 0.3) is 0 Å². The van der Waals surface area contributed by atoms with Gasteiger partial charge in [0.05, 0.1) is 12.5 Å². The molecule has 0 radical (unpaired) electrons. The maximum Gasteiger partial charge on any atom is 0.408 e. The molecule has 6 nitrogen and oxygen atoms in total. The molecule has 2 unspecified atom stereocenters. The fourth-order valence-electron chi connectivity index (χ4n) is 2.48. The van der Waals surface area contributed by atoms with Crippen LogP contribution in [0, 0.1) is 0 Å². The van der Waals surface area contributed by atoms with Crippen LogP contribution in [-0.2, 0) is 16.6 Å². The average Bonchev–Trinajstić information content (AvgIpc) is 2.60. The molecule has 2 rings (SSSR count). The number of rotatable bonds is 9. The van der Waals surface area contributed by atoms with E-state index in [4.69, 9.17) is 4.74 Å². The second-order valence-corrected chi connectivity index (χ2v) is 8.13. The predicted octanol–water partition coefficient (Wildman–Crippen LogP) is 2.79. The van der Waals surface area contributed by atoms with E-state index in [1.807, 2.05) is 6.92 Å². The molecule has 0 bridgehead atoms. The van der Waals surface area contributed by atoms with Gasteiger partial charge in [-0.15, -0.1) is 0 Å². The van der Waals surface area contributed by atoms with Gasteiger partial charge in [0.2, 0.25) is 10.0 Å². The maximum atomic E-state index is 13.1. The number of nitrogens with zero attached hydrogens (tertiary/aromatic N) is 1. The van der Waals surface area contributed by atoms with E-state index in [0.29, 0.717) is 25.1 Å². The van der Waals surface area contributed by atoms with E-state index in [0.717, 1.165) is 5.56 Å². The standard InChI is InChI=1S/C18H22F3N3O3S/c1-13(27-16-4-3-9-22-12-16)10-23-11-14-5-7-15(8-6-14)17(18(19,20)21)24-28(2,25)26/h3-9,12-13,17,23-24H,10-11H2,1-2H3. The van der Waals surface area contributed by atoms with Crippen LogP contribution in [0.15, 0.2) is 48.8 Å². The minimum atomic E-state index is -4.73. The largest absolute Gasteiger partial charge is 0.488 e. The van der Waals surface area contributed by atoms with Gasteiger partial charge < -0.3 is 10.1 Å². The van der Waals surface area contributed by atoms with E-state index in [2.05, 4.69) is 10.3 Å². The number of nitrogens with one attached hydrogen (secondary N) is 2. The van der Waals surface area contributed by atoms with E-state index < -0.39 is 22.2 Å². The minimum Gasteiger partial charge on any atom is -0.488 e. The fourth-order valence-corrected chi connectivity index (χ4v) is 3.17. The summed E-state index contributed by atoms with van der Waals surface area (Å²) in [6.45, 7) is 2.84. The van der Waals surface area contributed by atoms with Crippen molar-refractivity contribution < 1.29 is 26.3 Å². The van der Waals surface area contributed by atoms with E-state index in [-0.39, 0.29) is 11.7 Å². The normalized spacial score (nSPS) is 14.5. The Kier molecular flexibility index (Phi) is 7.39. The molecule has 2 N–H and O–H groups in total. The van der Waals surface area contributed by atoms with Crippen molar-refractivity contribution in [3.05, 3.63) is 59.9 Å². The summed E-state index contributed by atoms with van der Waals surface area (Å²) in [5.74, 6) is 0.651. The van der Waals surface area contributed by atoms with Crippen LogP contribution in [0.2, 0.25) is 0 Å². The highest BCUT2D eigenvalue weighted by Gasteiger charge is 2.42. The van der Waals surface area contributed by atoms with Crippen molar-refractivity contribution in [3.63, 3.8) is 0 Å². The molecule has 1 aromatic carbocycles. The Balaban J connectivity index is 1.91. The molecule has 0 aliphatic rings. The topological polar surface area (TPSA) is 80.3 Å². The van der Waals surface area contributed by atoms with Gasteiger partial charge in [0.1, 0.15) is 17.9 Å². The van der Waals surface area contributed by atoms with Crippen molar-refractivity contribution in [2.45, 2.75) is 31.8 Å². The van der Waals surface area contributed by atoms with Gasteiger partial charge in [-0.3, -0.25) is 4.98 Å². The lowest BCUT2D eigenvalue weighted by Gasteiger charge is -2.21. The van der Waals surface area contributed by atoms with Gasteiger partial charge in [-0.25, -0.2) is 8.42 Å². The number of hydrogen-bond acceptors (Lipinski definition) is 5. The summed E-state index contributed by atoms with van der Waals surface area (Å²) in [4.78, 5) is 3.96. The molecule has 1 aromatic heterocycles. The van der Waals surface area contributed by atoms with Crippen molar-refractivity contribution in [1.29, 1.82) is 0 Å². The number of ether oxygens (including phenoxy) is 1. The fraction of sp³-hybridized carbons (Fsp3) is 0.389. The van der Waals surface area contributed by atoms with Crippen LogP contribution in [0.3, 0.4) is 0 Å². The minimum absolute atomic E-state index is 0.128.